The molecule has 1 saturated heterocycles. The van der Waals surface area contributed by atoms with E-state index in [2.05, 4.69) is 21.2 Å². The lowest BCUT2D eigenvalue weighted by molar-refractivity contribution is 0.00282. The van der Waals surface area contributed by atoms with Gasteiger partial charge in [-0.05, 0) is 40.5 Å². The van der Waals surface area contributed by atoms with E-state index in [-0.39, 0.29) is 28.5 Å². The van der Waals surface area contributed by atoms with Crippen molar-refractivity contribution in [3.8, 4) is 0 Å². The predicted octanol–water partition coefficient (Wildman–Crippen LogP) is 6.10. The first-order chi connectivity index (χ1) is 15.5. The summed E-state index contributed by atoms with van der Waals surface area (Å²) >= 11 is 4.57. The number of halogens is 4. The maximum absolute atomic E-state index is 14.8. The summed E-state index contributed by atoms with van der Waals surface area (Å²) in [5, 5.41) is 3.23. The quantitative estimate of drug-likeness (QED) is 0.477. The Morgan fingerprint density at radius 2 is 1.88 bits per heavy atom. The lowest BCUT2D eigenvalue weighted by atomic mass is 9.76. The molecule has 0 saturated carbocycles. The van der Waals surface area contributed by atoms with Crippen molar-refractivity contribution < 1.29 is 22.7 Å². The molecular weight excluding hydrogens is 505 g/mol. The second-order valence-electron chi connectivity index (χ2n) is 6.76. The molecule has 2 unspecified atom stereocenters. The number of amides is 1. The molecule has 174 valence electrons. The standard InChI is InChI=1S/C20H17BrF2N2O2S.C2H6.CH3F/c21-15-8-14(16(22)9-17(15)23)20-11-27-7-6-13(20)10-28-19(25-20)24-18(26)12-4-2-1-3-5-12;2*1-2/h1-5,8-9,13H,6-7,10-11H2,(H,24,25,26);1-2H3;1H3. The number of hydrogen-bond donors (Lipinski definition) is 1. The molecule has 1 N–H and O–H groups in total. The number of ether oxygens (including phenoxy) is 1. The molecule has 4 rings (SSSR count). The summed E-state index contributed by atoms with van der Waals surface area (Å²) in [6, 6.07) is 11.1. The molecule has 1 amide bonds. The first-order valence-corrected chi connectivity index (χ1v) is 12.0. The van der Waals surface area contributed by atoms with Crippen molar-refractivity contribution in [3.63, 3.8) is 0 Å². The molecule has 2 atom stereocenters. The zero-order chi connectivity index (χ0) is 23.7. The molecule has 1 fully saturated rings. The van der Waals surface area contributed by atoms with Gasteiger partial charge in [-0.15, -0.1) is 0 Å². The average Bonchev–Trinajstić information content (AvgIpc) is 2.84. The number of rotatable bonds is 2. The molecule has 2 aliphatic rings. The fraction of sp³-hybridized carbons (Fsp3) is 0.391. The molecule has 0 aromatic heterocycles. The molecular formula is C23H26BrF3N2O2S. The lowest BCUT2D eigenvalue weighted by Crippen LogP contribution is -2.49. The number of fused-ring (bicyclic) bond motifs is 1. The Labute approximate surface area is 199 Å². The predicted molar refractivity (Wildman–Crippen MR) is 127 cm³/mol. The summed E-state index contributed by atoms with van der Waals surface area (Å²) in [6.07, 6.45) is 0.713. The van der Waals surface area contributed by atoms with E-state index in [9.17, 15) is 18.0 Å². The van der Waals surface area contributed by atoms with E-state index >= 15 is 0 Å². The summed E-state index contributed by atoms with van der Waals surface area (Å²) in [6.45, 7) is 4.75. The minimum atomic E-state index is -0.997. The average molecular weight is 531 g/mol. The first-order valence-electron chi connectivity index (χ1n) is 10.2. The molecule has 9 heteroatoms. The summed E-state index contributed by atoms with van der Waals surface area (Å²) in [5.74, 6) is -0.933. The van der Waals surface area contributed by atoms with Crippen molar-refractivity contribution in [3.05, 3.63) is 69.7 Å². The Kier molecular flexibility index (Phi) is 10.2. The molecule has 32 heavy (non-hydrogen) atoms. The third kappa shape index (κ3) is 5.74. The zero-order valence-electron chi connectivity index (χ0n) is 18.1. The summed E-state index contributed by atoms with van der Waals surface area (Å²) < 4.78 is 43.9. The van der Waals surface area contributed by atoms with Crippen molar-refractivity contribution in [1.82, 2.24) is 5.32 Å². The number of benzene rings is 2. The monoisotopic (exact) mass is 530 g/mol. The van der Waals surface area contributed by atoms with Crippen LogP contribution in [0.3, 0.4) is 0 Å². The van der Waals surface area contributed by atoms with Gasteiger partial charge >= 0.3 is 0 Å². The van der Waals surface area contributed by atoms with Gasteiger partial charge in [-0.1, -0.05) is 43.8 Å². The number of hydrogen-bond acceptors (Lipinski definition) is 4. The van der Waals surface area contributed by atoms with Crippen LogP contribution in [0.1, 0.15) is 36.2 Å². The van der Waals surface area contributed by atoms with Gasteiger partial charge in [0.15, 0.2) is 5.17 Å². The summed E-state index contributed by atoms with van der Waals surface area (Å²) in [4.78, 5) is 17.3. The molecule has 2 aromatic carbocycles. The fourth-order valence-electron chi connectivity index (χ4n) is 3.58. The van der Waals surface area contributed by atoms with Crippen LogP contribution in [-0.4, -0.2) is 37.2 Å². The number of carbonyl (C=O) groups excluding carboxylic acids is 1. The molecule has 2 aliphatic heterocycles. The van der Waals surface area contributed by atoms with Crippen LogP contribution in [0.2, 0.25) is 0 Å². The van der Waals surface area contributed by atoms with E-state index < -0.39 is 17.2 Å². The highest BCUT2D eigenvalue weighted by atomic mass is 79.9. The number of aliphatic imine (C=N–C) groups is 1. The number of nitrogens with one attached hydrogen (secondary N) is 1. The third-order valence-electron chi connectivity index (χ3n) is 5.06. The van der Waals surface area contributed by atoms with Crippen molar-refractivity contribution in [2.45, 2.75) is 25.8 Å². The van der Waals surface area contributed by atoms with Crippen molar-refractivity contribution >= 4 is 38.8 Å². The smallest absolute Gasteiger partial charge is 0.257 e. The molecule has 0 aliphatic carbocycles. The number of nitrogens with zero attached hydrogens (tertiary/aromatic N) is 1. The van der Waals surface area contributed by atoms with E-state index in [0.717, 1.165) is 6.07 Å². The van der Waals surface area contributed by atoms with Gasteiger partial charge < -0.3 is 10.1 Å². The lowest BCUT2D eigenvalue weighted by Gasteiger charge is -2.44. The first kappa shape index (κ1) is 26.4. The van der Waals surface area contributed by atoms with Crippen LogP contribution in [0.15, 0.2) is 51.9 Å². The van der Waals surface area contributed by atoms with Crippen LogP contribution in [0, 0.1) is 17.6 Å². The number of alkyl halides is 1. The van der Waals surface area contributed by atoms with Crippen molar-refractivity contribution in [1.29, 1.82) is 0 Å². The highest BCUT2D eigenvalue weighted by Crippen LogP contribution is 2.46. The molecule has 2 aromatic rings. The maximum Gasteiger partial charge on any atom is 0.257 e. The normalized spacial score (nSPS) is 21.6. The Morgan fingerprint density at radius 3 is 2.56 bits per heavy atom. The topological polar surface area (TPSA) is 50.7 Å². The van der Waals surface area contributed by atoms with Crippen LogP contribution in [0.5, 0.6) is 0 Å². The van der Waals surface area contributed by atoms with Gasteiger partial charge in [0.05, 0.1) is 18.3 Å². The minimum absolute atomic E-state index is 0.0236. The summed E-state index contributed by atoms with van der Waals surface area (Å²) in [5.41, 5.74) is -0.210. The fourth-order valence-corrected chi connectivity index (χ4v) is 5.12. The Morgan fingerprint density at radius 1 is 1.19 bits per heavy atom. The van der Waals surface area contributed by atoms with E-state index in [1.165, 1.54) is 17.8 Å². The van der Waals surface area contributed by atoms with E-state index in [1.807, 2.05) is 19.9 Å². The molecule has 0 bridgehead atoms. The highest BCUT2D eigenvalue weighted by molar-refractivity contribution is 9.10. The van der Waals surface area contributed by atoms with E-state index in [4.69, 9.17) is 9.73 Å². The van der Waals surface area contributed by atoms with Crippen molar-refractivity contribution in [2.24, 2.45) is 10.9 Å². The van der Waals surface area contributed by atoms with Gasteiger partial charge in [0.25, 0.3) is 5.91 Å². The van der Waals surface area contributed by atoms with Gasteiger partial charge in [0, 0.05) is 35.5 Å². The van der Waals surface area contributed by atoms with Gasteiger partial charge in [-0.2, -0.15) is 0 Å². The molecule has 2 heterocycles. The highest BCUT2D eigenvalue weighted by Gasteiger charge is 2.48. The van der Waals surface area contributed by atoms with Crippen LogP contribution >= 0.6 is 27.7 Å². The van der Waals surface area contributed by atoms with Crippen LogP contribution in [0.4, 0.5) is 13.2 Å². The van der Waals surface area contributed by atoms with Gasteiger partial charge in [-0.25, -0.2) is 13.8 Å². The van der Waals surface area contributed by atoms with Crippen LogP contribution in [-0.2, 0) is 10.3 Å². The van der Waals surface area contributed by atoms with Crippen molar-refractivity contribution in [2.75, 3.05) is 26.1 Å². The Hall–Kier alpha value is -1.84. The van der Waals surface area contributed by atoms with Gasteiger partial charge in [-0.3, -0.25) is 9.18 Å². The second kappa shape index (κ2) is 12.4. The minimum Gasteiger partial charge on any atom is -0.379 e. The molecule has 0 radical (unpaired) electrons. The zero-order valence-corrected chi connectivity index (χ0v) is 20.5. The Balaban J connectivity index is 0.000000860. The number of thioether (sulfide) groups is 1. The summed E-state index contributed by atoms with van der Waals surface area (Å²) in [7, 11) is 0.500. The number of amidine groups is 1. The third-order valence-corrected chi connectivity index (χ3v) is 6.71. The van der Waals surface area contributed by atoms with E-state index in [0.29, 0.717) is 36.7 Å². The molecule has 0 spiro atoms. The second-order valence-corrected chi connectivity index (χ2v) is 8.62. The van der Waals surface area contributed by atoms with Gasteiger partial charge in [0.2, 0.25) is 0 Å². The number of carbonyl (C=O) groups is 1. The van der Waals surface area contributed by atoms with Gasteiger partial charge in [0.1, 0.15) is 17.2 Å². The SMILES string of the molecule is CC.CF.O=C(NC1=NC2(c3cc(Br)c(F)cc3F)COCCC2CS1)c1ccccc1. The van der Waals surface area contributed by atoms with Crippen LogP contribution in [0.25, 0.3) is 0 Å². The maximum atomic E-state index is 14.8. The molecule has 4 nitrogen and oxygen atoms in total. The van der Waals surface area contributed by atoms with E-state index in [1.54, 1.807) is 24.3 Å². The largest absolute Gasteiger partial charge is 0.379 e. The van der Waals surface area contributed by atoms with Crippen LogP contribution < -0.4 is 5.32 Å². The Bertz CT molecular complexity index is 946.